The summed E-state index contributed by atoms with van der Waals surface area (Å²) in [5.74, 6) is 0.410. The van der Waals surface area contributed by atoms with Gasteiger partial charge in [-0.25, -0.2) is 0 Å². The molecule has 0 aliphatic heterocycles. The van der Waals surface area contributed by atoms with Gasteiger partial charge in [0.15, 0.2) is 5.82 Å². The second-order valence-corrected chi connectivity index (χ2v) is 5.34. The fraction of sp³-hybridized carbons (Fsp3) is 0.231. The van der Waals surface area contributed by atoms with Crippen molar-refractivity contribution < 1.29 is 4.79 Å². The lowest BCUT2D eigenvalue weighted by Crippen LogP contribution is -2.23. The summed E-state index contributed by atoms with van der Waals surface area (Å²) in [5, 5.41) is 14.3. The van der Waals surface area contributed by atoms with Gasteiger partial charge in [-0.15, -0.1) is 5.10 Å². The highest BCUT2D eigenvalue weighted by Gasteiger charge is 2.09. The number of amides is 1. The predicted molar refractivity (Wildman–Crippen MR) is 78.1 cm³/mol. The summed E-state index contributed by atoms with van der Waals surface area (Å²) >= 11 is 3.40. The van der Waals surface area contributed by atoms with Crippen molar-refractivity contribution in [3.8, 4) is 5.69 Å². The highest BCUT2D eigenvalue weighted by atomic mass is 79.9. The second kappa shape index (κ2) is 6.42. The molecule has 0 aliphatic carbocycles. The molecule has 0 radical (unpaired) electrons. The smallest absolute Gasteiger partial charge is 0.244 e. The first-order valence-electron chi connectivity index (χ1n) is 6.02. The molecule has 1 aromatic carbocycles. The summed E-state index contributed by atoms with van der Waals surface area (Å²) in [4.78, 5) is 11.6. The molecule has 0 atom stereocenters. The van der Waals surface area contributed by atoms with Gasteiger partial charge in [-0.1, -0.05) is 27.6 Å². The summed E-state index contributed by atoms with van der Waals surface area (Å²) < 4.78 is 2.53. The van der Waals surface area contributed by atoms with Crippen LogP contribution in [0.3, 0.4) is 0 Å². The third-order valence-corrected chi connectivity index (χ3v) is 2.92. The minimum Gasteiger partial charge on any atom is -0.345 e. The Balaban J connectivity index is 2.13. The Kier molecular flexibility index (Phi) is 4.62. The van der Waals surface area contributed by atoms with Crippen molar-refractivity contribution in [3.05, 3.63) is 46.2 Å². The minimum absolute atomic E-state index is 0.159. The molecule has 1 heterocycles. The van der Waals surface area contributed by atoms with Crippen LogP contribution in [0.5, 0.6) is 0 Å². The zero-order chi connectivity index (χ0) is 14.5. The lowest BCUT2D eigenvalue weighted by atomic mass is 10.3. The summed E-state index contributed by atoms with van der Waals surface area (Å²) in [6, 6.07) is 7.61. The Hall–Kier alpha value is -2.02. The number of tetrazole rings is 1. The molecule has 0 unspecified atom stereocenters. The number of hydrogen-bond donors (Lipinski definition) is 1. The average molecular weight is 336 g/mol. The van der Waals surface area contributed by atoms with E-state index in [-0.39, 0.29) is 12.5 Å². The first kappa shape index (κ1) is 14.4. The van der Waals surface area contributed by atoms with E-state index < -0.39 is 0 Å². The number of nitrogens with zero attached hydrogens (tertiary/aromatic N) is 4. The molecular formula is C13H14BrN5O. The molecule has 104 valence electrons. The maximum Gasteiger partial charge on any atom is 0.244 e. The molecule has 0 aliphatic rings. The number of carbonyl (C=O) groups excluding carboxylic acids is 1. The molecule has 0 saturated heterocycles. The fourth-order valence-electron chi connectivity index (χ4n) is 1.60. The van der Waals surface area contributed by atoms with Gasteiger partial charge in [0, 0.05) is 10.5 Å². The van der Waals surface area contributed by atoms with Crippen LogP contribution in [0.25, 0.3) is 5.69 Å². The molecule has 20 heavy (non-hydrogen) atoms. The summed E-state index contributed by atoms with van der Waals surface area (Å²) in [5.41, 5.74) is 1.77. The van der Waals surface area contributed by atoms with E-state index in [2.05, 4.69) is 36.8 Å². The van der Waals surface area contributed by atoms with Crippen LogP contribution in [-0.4, -0.2) is 26.1 Å². The quantitative estimate of drug-likeness (QED) is 0.867. The van der Waals surface area contributed by atoms with Crippen molar-refractivity contribution in [1.82, 2.24) is 25.5 Å². The number of aromatic nitrogens is 4. The van der Waals surface area contributed by atoms with Crippen molar-refractivity contribution in [2.24, 2.45) is 0 Å². The van der Waals surface area contributed by atoms with Crippen LogP contribution in [0, 0.1) is 0 Å². The van der Waals surface area contributed by atoms with Crippen LogP contribution in [-0.2, 0) is 11.3 Å². The van der Waals surface area contributed by atoms with Gasteiger partial charge in [0.2, 0.25) is 5.91 Å². The number of benzene rings is 1. The van der Waals surface area contributed by atoms with Gasteiger partial charge in [-0.3, -0.25) is 4.79 Å². The zero-order valence-corrected chi connectivity index (χ0v) is 12.8. The van der Waals surface area contributed by atoms with Crippen molar-refractivity contribution in [2.45, 2.75) is 20.4 Å². The topological polar surface area (TPSA) is 72.7 Å². The Labute approximate surface area is 125 Å². The Morgan fingerprint density at radius 2 is 2.25 bits per heavy atom. The molecule has 0 saturated carbocycles. The normalized spacial score (nSPS) is 10.2. The maximum absolute atomic E-state index is 11.6. The molecule has 0 spiro atoms. The van der Waals surface area contributed by atoms with E-state index in [1.807, 2.05) is 38.1 Å². The van der Waals surface area contributed by atoms with Crippen molar-refractivity contribution >= 4 is 21.8 Å². The first-order valence-corrected chi connectivity index (χ1v) is 6.81. The van der Waals surface area contributed by atoms with Gasteiger partial charge < -0.3 is 5.32 Å². The van der Waals surface area contributed by atoms with Gasteiger partial charge >= 0.3 is 0 Å². The summed E-state index contributed by atoms with van der Waals surface area (Å²) in [6.07, 6.45) is 1.53. The first-order chi connectivity index (χ1) is 9.56. The monoisotopic (exact) mass is 335 g/mol. The molecule has 6 nitrogen and oxygen atoms in total. The van der Waals surface area contributed by atoms with Crippen molar-refractivity contribution in [2.75, 3.05) is 0 Å². The molecule has 7 heteroatoms. The molecule has 2 rings (SSSR count). The van der Waals surface area contributed by atoms with Crippen LogP contribution in [0.4, 0.5) is 0 Å². The molecule has 0 fully saturated rings. The van der Waals surface area contributed by atoms with Crippen LogP contribution in [0.15, 0.2) is 40.4 Å². The van der Waals surface area contributed by atoms with Crippen LogP contribution in [0.2, 0.25) is 0 Å². The van der Waals surface area contributed by atoms with Gasteiger partial charge in [0.25, 0.3) is 0 Å². The number of nitrogens with one attached hydrogen (secondary N) is 1. The summed E-state index contributed by atoms with van der Waals surface area (Å²) in [6.45, 7) is 4.00. The zero-order valence-electron chi connectivity index (χ0n) is 11.2. The maximum atomic E-state index is 11.6. The number of halogens is 1. The average Bonchev–Trinajstić information content (AvgIpc) is 2.84. The molecule has 1 amide bonds. The van der Waals surface area contributed by atoms with Gasteiger partial charge in [0.05, 0.1) is 12.2 Å². The van der Waals surface area contributed by atoms with E-state index in [9.17, 15) is 4.79 Å². The van der Waals surface area contributed by atoms with E-state index in [1.165, 1.54) is 6.08 Å². The fourth-order valence-corrected chi connectivity index (χ4v) is 1.99. The second-order valence-electron chi connectivity index (χ2n) is 4.43. The summed E-state index contributed by atoms with van der Waals surface area (Å²) in [7, 11) is 0. The number of rotatable bonds is 4. The molecule has 1 N–H and O–H groups in total. The van der Waals surface area contributed by atoms with Gasteiger partial charge in [0.1, 0.15) is 0 Å². The van der Waals surface area contributed by atoms with Gasteiger partial charge in [-0.2, -0.15) is 4.68 Å². The molecule has 2 aromatic rings. The third kappa shape index (κ3) is 3.74. The highest BCUT2D eigenvalue weighted by molar-refractivity contribution is 9.10. The molecular weight excluding hydrogens is 322 g/mol. The number of carbonyl (C=O) groups is 1. The Morgan fingerprint density at radius 1 is 1.45 bits per heavy atom. The SMILES string of the molecule is CC(C)=CC(=O)NCc1nnnn1-c1cccc(Br)c1. The van der Waals surface area contributed by atoms with Crippen LogP contribution < -0.4 is 5.32 Å². The Bertz CT molecular complexity index is 646. The van der Waals surface area contributed by atoms with E-state index in [0.29, 0.717) is 5.82 Å². The van der Waals surface area contributed by atoms with Crippen molar-refractivity contribution in [3.63, 3.8) is 0 Å². The van der Waals surface area contributed by atoms with E-state index in [4.69, 9.17) is 0 Å². The highest BCUT2D eigenvalue weighted by Crippen LogP contribution is 2.15. The van der Waals surface area contributed by atoms with E-state index in [0.717, 1.165) is 15.7 Å². The third-order valence-electron chi connectivity index (χ3n) is 2.43. The van der Waals surface area contributed by atoms with Crippen molar-refractivity contribution in [1.29, 1.82) is 0 Å². The Morgan fingerprint density at radius 3 is 2.95 bits per heavy atom. The van der Waals surface area contributed by atoms with E-state index in [1.54, 1.807) is 4.68 Å². The van der Waals surface area contributed by atoms with Crippen LogP contribution >= 0.6 is 15.9 Å². The largest absolute Gasteiger partial charge is 0.345 e. The minimum atomic E-state index is -0.159. The lowest BCUT2D eigenvalue weighted by molar-refractivity contribution is -0.116. The van der Waals surface area contributed by atoms with Crippen LogP contribution in [0.1, 0.15) is 19.7 Å². The number of hydrogen-bond acceptors (Lipinski definition) is 4. The molecule has 1 aromatic heterocycles. The van der Waals surface area contributed by atoms with E-state index >= 15 is 0 Å². The van der Waals surface area contributed by atoms with Gasteiger partial charge in [-0.05, 0) is 42.5 Å². The predicted octanol–water partition coefficient (Wildman–Crippen LogP) is 2.01. The number of allylic oxidation sites excluding steroid dienone is 1. The standard InChI is InChI=1S/C13H14BrN5O/c1-9(2)6-13(20)15-8-12-16-17-18-19(12)11-5-3-4-10(14)7-11/h3-7H,8H2,1-2H3,(H,15,20). The lowest BCUT2D eigenvalue weighted by Gasteiger charge is -2.05. The molecule has 0 bridgehead atoms.